The number of benzene rings is 1. The Bertz CT molecular complexity index is 401. The monoisotopic (exact) mass is 340 g/mol. The van der Waals surface area contributed by atoms with Crippen molar-refractivity contribution in [2.24, 2.45) is 0 Å². The Hall–Kier alpha value is 0.130. The average molecular weight is 342 g/mol. The van der Waals surface area contributed by atoms with E-state index >= 15 is 0 Å². The van der Waals surface area contributed by atoms with Crippen LogP contribution in [0.2, 0.25) is 0 Å². The lowest BCUT2D eigenvalue weighted by atomic mass is 10.4. The van der Waals surface area contributed by atoms with Crippen molar-refractivity contribution in [1.82, 2.24) is 0 Å². The van der Waals surface area contributed by atoms with Crippen molar-refractivity contribution in [1.29, 1.82) is 0 Å². The van der Waals surface area contributed by atoms with Crippen molar-refractivity contribution in [2.45, 2.75) is 11.3 Å². The molecule has 78 valence electrons. The highest BCUT2D eigenvalue weighted by molar-refractivity contribution is 9.10. The van der Waals surface area contributed by atoms with Gasteiger partial charge in [0.1, 0.15) is 0 Å². The summed E-state index contributed by atoms with van der Waals surface area (Å²) in [6, 6.07) is 6.78. The van der Waals surface area contributed by atoms with E-state index in [0.717, 1.165) is 4.47 Å². The van der Waals surface area contributed by atoms with Crippen LogP contribution < -0.4 is 0 Å². The van der Waals surface area contributed by atoms with E-state index in [9.17, 15) is 8.42 Å². The van der Waals surface area contributed by atoms with Gasteiger partial charge in [-0.05, 0) is 24.6 Å². The van der Waals surface area contributed by atoms with Crippen LogP contribution in [0.5, 0.6) is 0 Å². The van der Waals surface area contributed by atoms with Crippen LogP contribution in [0.4, 0.5) is 0 Å². The van der Waals surface area contributed by atoms with E-state index in [2.05, 4.69) is 31.9 Å². The highest BCUT2D eigenvalue weighted by Crippen LogP contribution is 2.17. The summed E-state index contributed by atoms with van der Waals surface area (Å²) in [4.78, 5) is 0.382. The lowest BCUT2D eigenvalue weighted by Gasteiger charge is -2.03. The molecule has 0 heterocycles. The molecule has 1 rings (SSSR count). The summed E-state index contributed by atoms with van der Waals surface area (Å²) in [6.45, 7) is 0. The third-order valence-corrected chi connectivity index (χ3v) is 4.55. The van der Waals surface area contributed by atoms with Gasteiger partial charge in [-0.2, -0.15) is 0 Å². The van der Waals surface area contributed by atoms with Gasteiger partial charge in [0.05, 0.1) is 10.6 Å². The molecule has 0 amide bonds. The lowest BCUT2D eigenvalue weighted by molar-refractivity contribution is 0.595. The Morgan fingerprint density at radius 2 is 2.00 bits per heavy atom. The highest BCUT2D eigenvalue weighted by atomic mass is 79.9. The Morgan fingerprint density at radius 1 is 1.29 bits per heavy atom. The van der Waals surface area contributed by atoms with Gasteiger partial charge in [-0.3, -0.25) is 0 Å². The van der Waals surface area contributed by atoms with Gasteiger partial charge in [-0.1, -0.05) is 37.9 Å². The molecule has 0 N–H and O–H groups in total. The molecule has 0 aliphatic rings. The highest BCUT2D eigenvalue weighted by Gasteiger charge is 2.13. The molecule has 0 saturated heterocycles. The molecule has 0 spiro atoms. The Kier molecular flexibility index (Phi) is 4.60. The summed E-state index contributed by atoms with van der Waals surface area (Å²) in [5.74, 6) is 0.189. The molecule has 0 bridgehead atoms. The third kappa shape index (κ3) is 3.37. The first-order valence-electron chi connectivity index (χ1n) is 4.10. The molecule has 1 aromatic rings. The number of hydrogen-bond donors (Lipinski definition) is 0. The fourth-order valence-electron chi connectivity index (χ4n) is 1.02. The summed E-state index contributed by atoms with van der Waals surface area (Å²) < 4.78 is 24.2. The Balaban J connectivity index is 2.93. The van der Waals surface area contributed by atoms with Crippen LogP contribution in [0, 0.1) is 0 Å². The fourth-order valence-corrected chi connectivity index (χ4v) is 3.58. The predicted octanol–water partition coefficient (Wildman–Crippen LogP) is 3.01. The molecule has 1 aromatic carbocycles. The molecule has 0 aromatic heterocycles. The van der Waals surface area contributed by atoms with Gasteiger partial charge in [-0.25, -0.2) is 8.42 Å². The van der Waals surface area contributed by atoms with E-state index in [0.29, 0.717) is 16.6 Å². The SMILES string of the molecule is O=S(=O)(CCCBr)c1cccc(Br)c1. The number of alkyl halides is 1. The second kappa shape index (κ2) is 5.28. The van der Waals surface area contributed by atoms with Crippen LogP contribution in [0.15, 0.2) is 33.6 Å². The third-order valence-electron chi connectivity index (χ3n) is 1.70. The topological polar surface area (TPSA) is 34.1 Å². The molecular formula is C9H10Br2O2S. The Morgan fingerprint density at radius 3 is 2.57 bits per heavy atom. The first-order chi connectivity index (χ1) is 6.56. The fraction of sp³-hybridized carbons (Fsp3) is 0.333. The van der Waals surface area contributed by atoms with Crippen LogP contribution in [-0.2, 0) is 9.84 Å². The molecule has 0 radical (unpaired) electrons. The smallest absolute Gasteiger partial charge is 0.178 e. The minimum Gasteiger partial charge on any atom is -0.224 e. The summed E-state index contributed by atoms with van der Waals surface area (Å²) >= 11 is 6.46. The summed E-state index contributed by atoms with van der Waals surface area (Å²) in [6.07, 6.45) is 0.634. The average Bonchev–Trinajstić information content (AvgIpc) is 2.15. The standard InChI is InChI=1S/C9H10Br2O2S/c10-5-2-6-14(12,13)9-4-1-3-8(11)7-9/h1,3-4,7H,2,5-6H2. The van der Waals surface area contributed by atoms with Crippen molar-refractivity contribution >= 4 is 41.7 Å². The van der Waals surface area contributed by atoms with Crippen LogP contribution in [0.25, 0.3) is 0 Å². The summed E-state index contributed by atoms with van der Waals surface area (Å²) in [5.41, 5.74) is 0. The van der Waals surface area contributed by atoms with Crippen molar-refractivity contribution < 1.29 is 8.42 Å². The largest absolute Gasteiger partial charge is 0.224 e. The van der Waals surface area contributed by atoms with E-state index in [1.54, 1.807) is 18.2 Å². The molecule has 0 saturated carbocycles. The number of rotatable bonds is 4. The molecular weight excluding hydrogens is 332 g/mol. The first-order valence-corrected chi connectivity index (χ1v) is 7.67. The summed E-state index contributed by atoms with van der Waals surface area (Å²) in [5, 5.41) is 0.709. The van der Waals surface area contributed by atoms with Crippen LogP contribution in [-0.4, -0.2) is 19.5 Å². The number of sulfone groups is 1. The summed E-state index contributed by atoms with van der Waals surface area (Å²) in [7, 11) is -3.10. The number of halogens is 2. The number of hydrogen-bond acceptors (Lipinski definition) is 2. The van der Waals surface area contributed by atoms with Crippen LogP contribution >= 0.6 is 31.9 Å². The van der Waals surface area contributed by atoms with Crippen LogP contribution in [0.1, 0.15) is 6.42 Å². The van der Waals surface area contributed by atoms with E-state index in [1.807, 2.05) is 6.07 Å². The molecule has 14 heavy (non-hydrogen) atoms. The molecule has 0 atom stereocenters. The van der Waals surface area contributed by atoms with Gasteiger partial charge in [0.15, 0.2) is 9.84 Å². The normalized spacial score (nSPS) is 11.6. The van der Waals surface area contributed by atoms with Gasteiger partial charge in [0.25, 0.3) is 0 Å². The van der Waals surface area contributed by atoms with Crippen LogP contribution in [0.3, 0.4) is 0 Å². The quantitative estimate of drug-likeness (QED) is 0.789. The van der Waals surface area contributed by atoms with Gasteiger partial charge < -0.3 is 0 Å². The Labute approximate surface area is 101 Å². The lowest BCUT2D eigenvalue weighted by Crippen LogP contribution is -2.06. The molecule has 0 aliphatic carbocycles. The van der Waals surface area contributed by atoms with Gasteiger partial charge in [0, 0.05) is 9.80 Å². The van der Waals surface area contributed by atoms with E-state index in [4.69, 9.17) is 0 Å². The predicted molar refractivity (Wildman–Crippen MR) is 64.6 cm³/mol. The maximum atomic E-state index is 11.7. The van der Waals surface area contributed by atoms with Crippen molar-refractivity contribution in [3.63, 3.8) is 0 Å². The minimum atomic E-state index is -3.10. The molecule has 0 aliphatic heterocycles. The van der Waals surface area contributed by atoms with E-state index < -0.39 is 9.84 Å². The minimum absolute atomic E-state index is 0.189. The van der Waals surface area contributed by atoms with Gasteiger partial charge in [-0.15, -0.1) is 0 Å². The second-order valence-electron chi connectivity index (χ2n) is 2.82. The zero-order chi connectivity index (χ0) is 10.6. The van der Waals surface area contributed by atoms with Gasteiger partial charge in [0.2, 0.25) is 0 Å². The van der Waals surface area contributed by atoms with E-state index in [1.165, 1.54) is 0 Å². The molecule has 0 fully saturated rings. The van der Waals surface area contributed by atoms with Crippen molar-refractivity contribution in [2.75, 3.05) is 11.1 Å². The maximum absolute atomic E-state index is 11.7. The maximum Gasteiger partial charge on any atom is 0.178 e. The van der Waals surface area contributed by atoms with Crippen molar-refractivity contribution in [3.8, 4) is 0 Å². The zero-order valence-corrected chi connectivity index (χ0v) is 11.4. The second-order valence-corrected chi connectivity index (χ2v) is 6.64. The molecule has 2 nitrogen and oxygen atoms in total. The molecule has 0 unspecified atom stereocenters. The van der Waals surface area contributed by atoms with Crippen molar-refractivity contribution in [3.05, 3.63) is 28.7 Å². The zero-order valence-electron chi connectivity index (χ0n) is 7.41. The van der Waals surface area contributed by atoms with E-state index in [-0.39, 0.29) is 5.75 Å². The molecule has 5 heteroatoms. The first kappa shape index (κ1) is 12.2. The van der Waals surface area contributed by atoms with Gasteiger partial charge >= 0.3 is 0 Å².